The van der Waals surface area contributed by atoms with E-state index in [4.69, 9.17) is 0 Å². The van der Waals surface area contributed by atoms with Crippen molar-refractivity contribution in [1.29, 1.82) is 0 Å². The maximum atomic E-state index is 13.9. The minimum Gasteiger partial charge on any atom is -0.313 e. The Balaban J connectivity index is 1.91. The predicted molar refractivity (Wildman–Crippen MR) is 85.5 cm³/mol. The molecule has 0 atom stereocenters. The van der Waals surface area contributed by atoms with Crippen LogP contribution >= 0.6 is 11.3 Å². The first-order chi connectivity index (χ1) is 9.66. The van der Waals surface area contributed by atoms with E-state index in [0.717, 1.165) is 29.4 Å². The second-order valence-electron chi connectivity index (χ2n) is 5.50. The standard InChI is InChI=1S/C17H22FNS/c1-13(2)5-3-9-19-12-14-7-8-16(18)15(11-14)17-6-4-10-20-17/h4,6-8,10-11,13,19H,3,5,9,12H2,1-2H3. The molecule has 1 heterocycles. The lowest BCUT2D eigenvalue weighted by atomic mass is 10.1. The van der Waals surface area contributed by atoms with Gasteiger partial charge in [0.05, 0.1) is 0 Å². The van der Waals surface area contributed by atoms with Gasteiger partial charge < -0.3 is 5.32 Å². The molecule has 2 rings (SSSR count). The zero-order valence-corrected chi connectivity index (χ0v) is 13.0. The number of hydrogen-bond donors (Lipinski definition) is 1. The Morgan fingerprint density at radius 2 is 2.10 bits per heavy atom. The second-order valence-corrected chi connectivity index (χ2v) is 6.45. The van der Waals surface area contributed by atoms with E-state index in [1.165, 1.54) is 12.8 Å². The van der Waals surface area contributed by atoms with Gasteiger partial charge in [-0.3, -0.25) is 0 Å². The van der Waals surface area contributed by atoms with Gasteiger partial charge in [-0.1, -0.05) is 26.0 Å². The summed E-state index contributed by atoms with van der Waals surface area (Å²) < 4.78 is 13.9. The summed E-state index contributed by atoms with van der Waals surface area (Å²) in [5.41, 5.74) is 1.85. The van der Waals surface area contributed by atoms with Crippen molar-refractivity contribution < 1.29 is 4.39 Å². The van der Waals surface area contributed by atoms with Crippen LogP contribution in [0.25, 0.3) is 10.4 Å². The van der Waals surface area contributed by atoms with Gasteiger partial charge >= 0.3 is 0 Å². The molecule has 20 heavy (non-hydrogen) atoms. The van der Waals surface area contributed by atoms with Gasteiger partial charge in [-0.05, 0) is 54.4 Å². The van der Waals surface area contributed by atoms with Crippen LogP contribution in [-0.4, -0.2) is 6.54 Å². The summed E-state index contributed by atoms with van der Waals surface area (Å²) in [4.78, 5) is 0.990. The smallest absolute Gasteiger partial charge is 0.131 e. The Bertz CT molecular complexity index is 520. The largest absolute Gasteiger partial charge is 0.313 e. The Labute approximate surface area is 124 Å². The zero-order chi connectivity index (χ0) is 14.4. The van der Waals surface area contributed by atoms with Crippen LogP contribution < -0.4 is 5.32 Å². The highest BCUT2D eigenvalue weighted by Crippen LogP contribution is 2.28. The first kappa shape index (κ1) is 15.2. The van der Waals surface area contributed by atoms with E-state index >= 15 is 0 Å². The number of thiophene rings is 1. The van der Waals surface area contributed by atoms with Crippen LogP contribution in [0.5, 0.6) is 0 Å². The van der Waals surface area contributed by atoms with Crippen LogP contribution in [0.1, 0.15) is 32.3 Å². The van der Waals surface area contributed by atoms with E-state index in [1.54, 1.807) is 17.4 Å². The summed E-state index contributed by atoms with van der Waals surface area (Å²) in [6.45, 7) is 6.31. The minimum atomic E-state index is -0.143. The number of benzene rings is 1. The van der Waals surface area contributed by atoms with Crippen LogP contribution in [0.4, 0.5) is 4.39 Å². The molecule has 0 fully saturated rings. The van der Waals surface area contributed by atoms with E-state index in [9.17, 15) is 4.39 Å². The lowest BCUT2D eigenvalue weighted by Crippen LogP contribution is -2.15. The number of nitrogens with one attached hydrogen (secondary N) is 1. The fourth-order valence-electron chi connectivity index (χ4n) is 2.17. The molecule has 1 N–H and O–H groups in total. The van der Waals surface area contributed by atoms with Gasteiger partial charge in [0.25, 0.3) is 0 Å². The molecule has 0 amide bonds. The quantitative estimate of drug-likeness (QED) is 0.701. The van der Waals surface area contributed by atoms with Gasteiger partial charge in [-0.2, -0.15) is 0 Å². The van der Waals surface area contributed by atoms with E-state index in [1.807, 2.05) is 29.6 Å². The molecular weight excluding hydrogens is 269 g/mol. The Morgan fingerprint density at radius 3 is 2.80 bits per heavy atom. The summed E-state index contributed by atoms with van der Waals surface area (Å²) in [5.74, 6) is 0.615. The van der Waals surface area contributed by atoms with Crippen LogP contribution in [0.15, 0.2) is 35.7 Å². The first-order valence-corrected chi connectivity index (χ1v) is 8.08. The fourth-order valence-corrected chi connectivity index (χ4v) is 2.92. The molecule has 2 aromatic rings. The van der Waals surface area contributed by atoms with Crippen molar-refractivity contribution in [3.05, 3.63) is 47.1 Å². The van der Waals surface area contributed by atoms with Gasteiger partial charge in [-0.15, -0.1) is 11.3 Å². The fraction of sp³-hybridized carbons (Fsp3) is 0.412. The normalized spacial score (nSPS) is 11.2. The zero-order valence-electron chi connectivity index (χ0n) is 12.2. The Morgan fingerprint density at radius 1 is 1.25 bits per heavy atom. The highest BCUT2D eigenvalue weighted by atomic mass is 32.1. The second kappa shape index (κ2) is 7.55. The van der Waals surface area contributed by atoms with Gasteiger partial charge in [0.1, 0.15) is 5.82 Å². The molecule has 108 valence electrons. The van der Waals surface area contributed by atoms with Crippen molar-refractivity contribution in [2.45, 2.75) is 33.2 Å². The van der Waals surface area contributed by atoms with Gasteiger partial charge in [0.15, 0.2) is 0 Å². The first-order valence-electron chi connectivity index (χ1n) is 7.20. The molecule has 0 radical (unpaired) electrons. The molecule has 0 saturated carbocycles. The summed E-state index contributed by atoms with van der Waals surface area (Å²) in [6, 6.07) is 9.30. The molecule has 0 saturated heterocycles. The van der Waals surface area contributed by atoms with Crippen LogP contribution in [0.3, 0.4) is 0 Å². The minimum absolute atomic E-state index is 0.143. The third-order valence-electron chi connectivity index (χ3n) is 3.28. The molecule has 0 unspecified atom stereocenters. The van der Waals surface area contributed by atoms with Gasteiger partial charge in [0, 0.05) is 17.0 Å². The molecule has 0 spiro atoms. The topological polar surface area (TPSA) is 12.0 Å². The Hall–Kier alpha value is -1.19. The molecular formula is C17H22FNS. The maximum Gasteiger partial charge on any atom is 0.131 e. The lowest BCUT2D eigenvalue weighted by Gasteiger charge is -2.08. The van der Waals surface area contributed by atoms with E-state index in [2.05, 4.69) is 19.2 Å². The third-order valence-corrected chi connectivity index (χ3v) is 4.18. The average molecular weight is 291 g/mol. The van der Waals surface area contributed by atoms with Crippen LogP contribution in [0.2, 0.25) is 0 Å². The molecule has 0 bridgehead atoms. The summed E-state index contributed by atoms with van der Waals surface area (Å²) in [5, 5.41) is 5.41. The molecule has 0 aliphatic carbocycles. The molecule has 1 aromatic carbocycles. The lowest BCUT2D eigenvalue weighted by molar-refractivity contribution is 0.527. The maximum absolute atomic E-state index is 13.9. The predicted octanol–water partition coefficient (Wildman–Crippen LogP) is 5.08. The average Bonchev–Trinajstić information content (AvgIpc) is 2.93. The highest BCUT2D eigenvalue weighted by molar-refractivity contribution is 7.13. The van der Waals surface area contributed by atoms with Crippen LogP contribution in [-0.2, 0) is 6.54 Å². The number of hydrogen-bond acceptors (Lipinski definition) is 2. The molecule has 1 aromatic heterocycles. The van der Waals surface area contributed by atoms with Crippen molar-refractivity contribution in [1.82, 2.24) is 5.32 Å². The number of rotatable bonds is 7. The third kappa shape index (κ3) is 4.43. The van der Waals surface area contributed by atoms with Crippen molar-refractivity contribution in [3.63, 3.8) is 0 Å². The van der Waals surface area contributed by atoms with Crippen molar-refractivity contribution >= 4 is 11.3 Å². The highest BCUT2D eigenvalue weighted by Gasteiger charge is 2.07. The van der Waals surface area contributed by atoms with Gasteiger partial charge in [0.2, 0.25) is 0 Å². The Kier molecular flexibility index (Phi) is 5.74. The van der Waals surface area contributed by atoms with Crippen molar-refractivity contribution in [3.8, 4) is 10.4 Å². The molecule has 0 aliphatic rings. The molecule has 3 heteroatoms. The summed E-state index contributed by atoms with van der Waals surface area (Å²) in [6.07, 6.45) is 2.44. The summed E-state index contributed by atoms with van der Waals surface area (Å²) >= 11 is 1.57. The van der Waals surface area contributed by atoms with Gasteiger partial charge in [-0.25, -0.2) is 4.39 Å². The van der Waals surface area contributed by atoms with E-state index < -0.39 is 0 Å². The van der Waals surface area contributed by atoms with E-state index in [0.29, 0.717) is 5.56 Å². The van der Waals surface area contributed by atoms with Crippen molar-refractivity contribution in [2.75, 3.05) is 6.54 Å². The van der Waals surface area contributed by atoms with Crippen LogP contribution in [0, 0.1) is 11.7 Å². The number of halogens is 1. The monoisotopic (exact) mass is 291 g/mol. The summed E-state index contributed by atoms with van der Waals surface area (Å²) in [7, 11) is 0. The molecule has 0 aliphatic heterocycles. The SMILES string of the molecule is CC(C)CCCNCc1ccc(F)c(-c2cccs2)c1. The molecule has 1 nitrogen and oxygen atoms in total. The van der Waals surface area contributed by atoms with E-state index in [-0.39, 0.29) is 5.82 Å². The van der Waals surface area contributed by atoms with Crippen molar-refractivity contribution in [2.24, 2.45) is 5.92 Å².